The molecule has 2 rings (SSSR count). The highest BCUT2D eigenvalue weighted by atomic mass is 127. The van der Waals surface area contributed by atoms with Crippen molar-refractivity contribution >= 4 is 35.6 Å². The second kappa shape index (κ2) is 8.98. The Bertz CT molecular complexity index is 437. The van der Waals surface area contributed by atoms with E-state index in [0.29, 0.717) is 32.3 Å². The third-order valence-electron chi connectivity index (χ3n) is 2.69. The van der Waals surface area contributed by atoms with Crippen molar-refractivity contribution in [2.45, 2.75) is 6.10 Å². The van der Waals surface area contributed by atoms with Gasteiger partial charge in [-0.25, -0.2) is 0 Å². The number of aliphatic imine (C=N–C) groups is 1. The highest BCUT2D eigenvalue weighted by Gasteiger charge is 2.13. The minimum absolute atomic E-state index is 0. The number of benzene rings is 1. The molecule has 7 heteroatoms. The summed E-state index contributed by atoms with van der Waals surface area (Å²) in [7, 11) is 1.62. The van der Waals surface area contributed by atoms with E-state index in [0.717, 1.165) is 11.4 Å². The summed E-state index contributed by atoms with van der Waals surface area (Å²) in [6, 6.07) is 7.49. The van der Waals surface area contributed by atoms with Crippen LogP contribution in [0.1, 0.15) is 0 Å². The molecule has 1 aliphatic rings. The number of nitrogens with two attached hydrogens (primary N) is 1. The van der Waals surface area contributed by atoms with Crippen LogP contribution < -0.4 is 15.8 Å². The van der Waals surface area contributed by atoms with Crippen molar-refractivity contribution in [1.82, 2.24) is 0 Å². The summed E-state index contributed by atoms with van der Waals surface area (Å²) in [5, 5.41) is 3.01. The van der Waals surface area contributed by atoms with E-state index >= 15 is 0 Å². The molecule has 112 valence electrons. The maximum absolute atomic E-state index is 5.82. The van der Waals surface area contributed by atoms with Gasteiger partial charge >= 0.3 is 0 Å². The van der Waals surface area contributed by atoms with Crippen LogP contribution in [0.15, 0.2) is 29.3 Å². The van der Waals surface area contributed by atoms with Crippen molar-refractivity contribution in [3.63, 3.8) is 0 Å². The van der Waals surface area contributed by atoms with E-state index < -0.39 is 0 Å². The van der Waals surface area contributed by atoms with Crippen LogP contribution in [0.2, 0.25) is 0 Å². The molecule has 0 amide bonds. The molecule has 1 aromatic rings. The van der Waals surface area contributed by atoms with Crippen molar-refractivity contribution in [2.24, 2.45) is 10.7 Å². The molecule has 0 aromatic heterocycles. The van der Waals surface area contributed by atoms with E-state index in [1.54, 1.807) is 7.11 Å². The molecule has 6 nitrogen and oxygen atoms in total. The van der Waals surface area contributed by atoms with Crippen molar-refractivity contribution in [3.05, 3.63) is 24.3 Å². The SMILES string of the molecule is COc1cccc(NC(N)=NCC2COCCO2)c1.I. The number of nitrogens with zero attached hydrogens (tertiary/aromatic N) is 1. The second-order valence-corrected chi connectivity index (χ2v) is 4.15. The first-order chi connectivity index (χ1) is 9.28. The third-order valence-corrected chi connectivity index (χ3v) is 2.69. The van der Waals surface area contributed by atoms with Gasteiger partial charge in [-0.15, -0.1) is 24.0 Å². The zero-order valence-corrected chi connectivity index (χ0v) is 13.7. The first-order valence-electron chi connectivity index (χ1n) is 6.18. The first-order valence-corrected chi connectivity index (χ1v) is 6.18. The maximum Gasteiger partial charge on any atom is 0.193 e. The van der Waals surface area contributed by atoms with Crippen LogP contribution in [-0.4, -0.2) is 45.5 Å². The normalized spacial score (nSPS) is 19.1. The molecule has 0 radical (unpaired) electrons. The average molecular weight is 393 g/mol. The Labute approximate surface area is 135 Å². The summed E-state index contributed by atoms with van der Waals surface area (Å²) >= 11 is 0. The predicted molar refractivity (Wildman–Crippen MR) is 89.1 cm³/mol. The molecule has 3 N–H and O–H groups in total. The Hall–Kier alpha value is -1.06. The monoisotopic (exact) mass is 393 g/mol. The van der Waals surface area contributed by atoms with E-state index in [1.165, 1.54) is 0 Å². The number of halogens is 1. The number of hydrogen-bond donors (Lipinski definition) is 2. The summed E-state index contributed by atoms with van der Waals surface area (Å²) in [4.78, 5) is 4.24. The average Bonchev–Trinajstić information content (AvgIpc) is 2.46. The predicted octanol–water partition coefficient (Wildman–Crippen LogP) is 1.46. The molecule has 1 aromatic carbocycles. The number of rotatable bonds is 4. The molecular weight excluding hydrogens is 373 g/mol. The minimum Gasteiger partial charge on any atom is -0.497 e. The molecule has 20 heavy (non-hydrogen) atoms. The fourth-order valence-corrected chi connectivity index (χ4v) is 1.73. The van der Waals surface area contributed by atoms with Crippen LogP contribution in [0.4, 0.5) is 5.69 Å². The van der Waals surface area contributed by atoms with Gasteiger partial charge < -0.3 is 25.3 Å². The second-order valence-electron chi connectivity index (χ2n) is 4.15. The van der Waals surface area contributed by atoms with E-state index in [9.17, 15) is 0 Å². The van der Waals surface area contributed by atoms with Crippen LogP contribution in [-0.2, 0) is 9.47 Å². The summed E-state index contributed by atoms with van der Waals surface area (Å²) in [5.41, 5.74) is 6.65. The van der Waals surface area contributed by atoms with Crippen molar-refractivity contribution in [2.75, 3.05) is 38.8 Å². The fourth-order valence-electron chi connectivity index (χ4n) is 1.73. The van der Waals surface area contributed by atoms with E-state index in [4.69, 9.17) is 19.9 Å². The van der Waals surface area contributed by atoms with Crippen LogP contribution in [0.25, 0.3) is 0 Å². The lowest BCUT2D eigenvalue weighted by atomic mass is 10.3. The number of methoxy groups -OCH3 is 1. The zero-order valence-electron chi connectivity index (χ0n) is 11.4. The van der Waals surface area contributed by atoms with Gasteiger partial charge in [-0.3, -0.25) is 4.99 Å². The van der Waals surface area contributed by atoms with Gasteiger partial charge in [0.05, 0.1) is 33.5 Å². The van der Waals surface area contributed by atoms with Gasteiger partial charge in [-0.05, 0) is 12.1 Å². The molecule has 0 bridgehead atoms. The molecule has 1 heterocycles. The van der Waals surface area contributed by atoms with Crippen molar-refractivity contribution in [3.8, 4) is 5.75 Å². The molecule has 0 spiro atoms. The fraction of sp³-hybridized carbons (Fsp3) is 0.462. The molecule has 1 unspecified atom stereocenters. The van der Waals surface area contributed by atoms with Crippen LogP contribution in [0.3, 0.4) is 0 Å². The van der Waals surface area contributed by atoms with Crippen LogP contribution in [0.5, 0.6) is 5.75 Å². The molecule has 0 saturated carbocycles. The molecular formula is C13H20IN3O3. The molecule has 1 fully saturated rings. The van der Waals surface area contributed by atoms with Gasteiger partial charge in [0.1, 0.15) is 11.9 Å². The molecule has 0 aliphatic carbocycles. The lowest BCUT2D eigenvalue weighted by Crippen LogP contribution is -2.32. The highest BCUT2D eigenvalue weighted by molar-refractivity contribution is 14.0. The van der Waals surface area contributed by atoms with Gasteiger partial charge in [0.15, 0.2) is 5.96 Å². The maximum atomic E-state index is 5.82. The number of ether oxygens (including phenoxy) is 3. The Morgan fingerprint density at radius 1 is 1.50 bits per heavy atom. The Kier molecular flexibility index (Phi) is 7.63. The molecule has 1 aliphatic heterocycles. The van der Waals surface area contributed by atoms with Crippen molar-refractivity contribution < 1.29 is 14.2 Å². The van der Waals surface area contributed by atoms with E-state index in [2.05, 4.69) is 10.3 Å². The number of hydrogen-bond acceptors (Lipinski definition) is 4. The third kappa shape index (κ3) is 5.51. The van der Waals surface area contributed by atoms with Gasteiger partial charge in [-0.2, -0.15) is 0 Å². The Morgan fingerprint density at radius 3 is 3.05 bits per heavy atom. The zero-order chi connectivity index (χ0) is 13.5. The van der Waals surface area contributed by atoms with E-state index in [1.807, 2.05) is 24.3 Å². The van der Waals surface area contributed by atoms with Gasteiger partial charge in [-0.1, -0.05) is 6.07 Å². The summed E-state index contributed by atoms with van der Waals surface area (Å²) in [5.74, 6) is 1.12. The molecule has 1 atom stereocenters. The number of guanidine groups is 1. The van der Waals surface area contributed by atoms with Gasteiger partial charge in [0.25, 0.3) is 0 Å². The largest absolute Gasteiger partial charge is 0.497 e. The summed E-state index contributed by atoms with van der Waals surface area (Å²) < 4.78 is 15.9. The lowest BCUT2D eigenvalue weighted by molar-refractivity contribution is -0.0832. The van der Waals surface area contributed by atoms with Gasteiger partial charge in [0.2, 0.25) is 0 Å². The lowest BCUT2D eigenvalue weighted by Gasteiger charge is -2.21. The summed E-state index contributed by atoms with van der Waals surface area (Å²) in [6.45, 7) is 2.32. The quantitative estimate of drug-likeness (QED) is 0.460. The number of nitrogens with one attached hydrogen (secondary N) is 1. The first kappa shape index (κ1) is 17.0. The van der Waals surface area contributed by atoms with Crippen LogP contribution in [0, 0.1) is 0 Å². The van der Waals surface area contributed by atoms with E-state index in [-0.39, 0.29) is 30.1 Å². The smallest absolute Gasteiger partial charge is 0.193 e. The summed E-state index contributed by atoms with van der Waals surface area (Å²) in [6.07, 6.45) is -0.0144. The Morgan fingerprint density at radius 2 is 2.35 bits per heavy atom. The van der Waals surface area contributed by atoms with Gasteiger partial charge in [0, 0.05) is 11.8 Å². The van der Waals surface area contributed by atoms with Crippen molar-refractivity contribution in [1.29, 1.82) is 0 Å². The standard InChI is InChI=1S/C13H19N3O3.HI/c1-17-11-4-2-3-10(7-11)16-13(14)15-8-12-9-18-5-6-19-12;/h2-4,7,12H,5-6,8-9H2,1H3,(H3,14,15,16);1H. The van der Waals surface area contributed by atoms with Crippen LogP contribution >= 0.6 is 24.0 Å². The topological polar surface area (TPSA) is 78.1 Å². The Balaban J connectivity index is 0.00000200. The molecule has 1 saturated heterocycles. The highest BCUT2D eigenvalue weighted by Crippen LogP contribution is 2.16. The number of anilines is 1. The minimum atomic E-state index is -0.0144.